The minimum absolute atomic E-state index is 0.162. The summed E-state index contributed by atoms with van der Waals surface area (Å²) in [6.07, 6.45) is 0. The Hall–Kier alpha value is -9.95. The highest BCUT2D eigenvalue weighted by Gasteiger charge is 2.41. The van der Waals surface area contributed by atoms with Crippen LogP contribution in [0.1, 0.15) is 19.2 Å². The summed E-state index contributed by atoms with van der Waals surface area (Å²) in [5.74, 6) is -1.04. The van der Waals surface area contributed by atoms with Gasteiger partial charge in [-0.15, -0.1) is 0 Å². The van der Waals surface area contributed by atoms with Crippen molar-refractivity contribution in [3.05, 3.63) is 279 Å². The van der Waals surface area contributed by atoms with Gasteiger partial charge in [-0.3, -0.25) is 4.57 Å². The number of nitrogens with zero attached hydrogens (tertiary/aromatic N) is 6. The van der Waals surface area contributed by atoms with Crippen molar-refractivity contribution < 1.29 is 19.2 Å². The second kappa shape index (κ2) is 17.6. The van der Waals surface area contributed by atoms with Crippen molar-refractivity contribution in [2.24, 2.45) is 0 Å². The van der Waals surface area contributed by atoms with Crippen molar-refractivity contribution in [3.8, 4) is 40.1 Å². The largest absolute Gasteiger partial charge is 0.309 e. The molecule has 0 unspecified atom stereocenters. The van der Waals surface area contributed by atoms with Gasteiger partial charge in [-0.1, -0.05) is 236 Å². The van der Waals surface area contributed by atoms with Crippen molar-refractivity contribution >= 4 is 94.2 Å². The zero-order valence-electron chi connectivity index (χ0n) is 54.2. The van der Waals surface area contributed by atoms with E-state index in [-0.39, 0.29) is 16.3 Å². The van der Waals surface area contributed by atoms with Crippen LogP contribution in [0, 0.1) is 0 Å². The van der Waals surface area contributed by atoms with E-state index in [1.54, 1.807) is 65.2 Å². The Kier molecular flexibility index (Phi) is 7.33. The van der Waals surface area contributed by atoms with E-state index in [0.717, 1.165) is 60.1 Å². The van der Waals surface area contributed by atoms with Crippen molar-refractivity contribution in [1.29, 1.82) is 0 Å². The minimum Gasteiger partial charge on any atom is -0.309 e. The van der Waals surface area contributed by atoms with Crippen molar-refractivity contribution in [2.75, 3.05) is 0 Å². The van der Waals surface area contributed by atoms with E-state index in [1.165, 1.54) is 0 Å². The topological polar surface area (TPSA) is 53.5 Å². The molecule has 4 aromatic heterocycles. The highest BCUT2D eigenvalue weighted by molar-refractivity contribution is 7.19. The van der Waals surface area contributed by atoms with Gasteiger partial charge in [0, 0.05) is 43.4 Å². The Labute approximate surface area is 459 Å². The normalized spacial score (nSPS) is 14.5. The first-order valence-corrected chi connectivity index (χ1v) is 26.7. The van der Waals surface area contributed by atoms with Crippen LogP contribution in [0.4, 0.5) is 0 Å². The molecule has 76 heavy (non-hydrogen) atoms. The number of fused-ring (bicyclic) bond motifs is 9. The molecule has 15 aromatic rings. The van der Waals surface area contributed by atoms with Gasteiger partial charge in [0.2, 0.25) is 5.95 Å². The summed E-state index contributed by atoms with van der Waals surface area (Å²) in [5.41, 5.74) is 5.68. The molecule has 356 valence electrons. The first kappa shape index (κ1) is 31.6. The fraction of sp³-hybridized carbons (Fsp3) is 0. The summed E-state index contributed by atoms with van der Waals surface area (Å²) in [6, 6.07) is 52.8. The van der Waals surface area contributed by atoms with Gasteiger partial charge >= 0.3 is 0 Å². The number of benzene rings is 11. The molecule has 0 saturated carbocycles. The third-order valence-electron chi connectivity index (χ3n) is 14.5. The zero-order chi connectivity index (χ0) is 62.3. The number of rotatable bonds is 9. The highest BCUT2D eigenvalue weighted by atomic mass is 28.3. The number of hydrogen-bond donors (Lipinski definition) is 0. The lowest BCUT2D eigenvalue weighted by atomic mass is 10.1. The van der Waals surface area contributed by atoms with Crippen LogP contribution in [0.5, 0.6) is 0 Å². The molecule has 7 heteroatoms. The first-order valence-electron chi connectivity index (χ1n) is 31.7. The molecule has 15 rings (SSSR count). The second-order valence-corrected chi connectivity index (χ2v) is 22.1. The van der Waals surface area contributed by atoms with Crippen LogP contribution in [0.3, 0.4) is 0 Å². The van der Waals surface area contributed by atoms with Gasteiger partial charge in [-0.05, 0) is 63.2 Å². The molecule has 0 fully saturated rings. The van der Waals surface area contributed by atoms with E-state index in [0.29, 0.717) is 27.1 Å². The van der Waals surface area contributed by atoms with E-state index >= 15 is 0 Å². The van der Waals surface area contributed by atoms with Crippen molar-refractivity contribution in [1.82, 2.24) is 28.7 Å². The fourth-order valence-corrected chi connectivity index (χ4v) is 15.5. The van der Waals surface area contributed by atoms with E-state index in [1.807, 2.05) is 84.9 Å². The monoisotopic (exact) mass is 1000 g/mol. The van der Waals surface area contributed by atoms with Gasteiger partial charge in [0.15, 0.2) is 19.7 Å². The van der Waals surface area contributed by atoms with Gasteiger partial charge in [-0.25, -0.2) is 4.98 Å². The SMILES string of the molecule is [2H]c1c([2H])c([2H])c(-c2nc(-c3c([2H])c([2H])c([Si](c4ccccc4)(c4ccccc4)c4c([2H])c([2H])c([2H])c([2H])c4[2H])c([2H])c3[2H])nc(-n3c4ccccc4c4cccc(-n5c6ccccc6c6c(-n7c8ccccc8c8ccccc87)cccc65)c43)n2)c([2H])c1[2H]. The maximum absolute atomic E-state index is 10.3. The molecule has 0 radical (unpaired) electrons. The molecule has 0 aliphatic heterocycles. The van der Waals surface area contributed by atoms with Crippen LogP contribution in [0.15, 0.2) is 279 Å². The van der Waals surface area contributed by atoms with E-state index in [4.69, 9.17) is 23.2 Å². The smallest absolute Gasteiger partial charge is 0.238 e. The standard InChI is InChI=1S/C69H46N6Si/c1-5-23-47(24-6-1)67-70-68(48-43-45-52(46-44-48)76(49-25-7-2-8-26-49,50-27-9-3-10-28-50)51-29-11-4-12-30-51)72-69(71-67)75-60-38-19-15-33-55(60)56-35-21-42-64(66(56)75)74-61-39-20-16-34-57(61)65-62(40-22-41-63(65)74)73-58-36-17-13-31-53(58)54-32-14-18-37-59(54)73/h1-46H/i1D,2D,5D,6D,7D,8D,23D,24D,25D,26D,43D,44D,45D,46D. The summed E-state index contributed by atoms with van der Waals surface area (Å²) in [4.78, 5) is 15.0. The Balaban J connectivity index is 1.05. The molecular formula is C69H46N6Si. The Morgan fingerprint density at radius 3 is 1.33 bits per heavy atom. The first-order chi connectivity index (χ1) is 43.6. The summed E-state index contributed by atoms with van der Waals surface area (Å²) in [5, 5.41) is 6.07. The highest BCUT2D eigenvalue weighted by Crippen LogP contribution is 2.43. The van der Waals surface area contributed by atoms with Crippen LogP contribution in [-0.4, -0.2) is 36.7 Å². The molecule has 6 nitrogen and oxygen atoms in total. The molecule has 4 heterocycles. The predicted octanol–water partition coefficient (Wildman–Crippen LogP) is 13.9. The number of hydrogen-bond acceptors (Lipinski definition) is 3. The van der Waals surface area contributed by atoms with Crippen LogP contribution < -0.4 is 20.7 Å². The quantitative estimate of drug-likeness (QED) is 0.107. The average Bonchev–Trinajstić information content (AvgIpc) is 1.03. The molecule has 0 bridgehead atoms. The van der Waals surface area contributed by atoms with Crippen LogP contribution in [-0.2, 0) is 0 Å². The molecule has 0 atom stereocenters. The predicted molar refractivity (Wildman–Crippen MR) is 317 cm³/mol. The summed E-state index contributed by atoms with van der Waals surface area (Å²) in [6.45, 7) is 0. The Bertz CT molecular complexity index is 5400. The lowest BCUT2D eigenvalue weighted by molar-refractivity contribution is 0.950. The molecule has 0 aliphatic rings. The van der Waals surface area contributed by atoms with Gasteiger partial charge in [0.25, 0.3) is 0 Å². The number of para-hydroxylation sites is 5. The van der Waals surface area contributed by atoms with E-state index < -0.39 is 115 Å². The van der Waals surface area contributed by atoms with Gasteiger partial charge in [0.1, 0.15) is 0 Å². The molecule has 0 N–H and O–H groups in total. The second-order valence-electron chi connectivity index (χ2n) is 18.4. The van der Waals surface area contributed by atoms with Crippen LogP contribution >= 0.6 is 0 Å². The third-order valence-corrected chi connectivity index (χ3v) is 18.9. The minimum atomic E-state index is -4.56. The maximum Gasteiger partial charge on any atom is 0.238 e. The van der Waals surface area contributed by atoms with Crippen molar-refractivity contribution in [3.63, 3.8) is 0 Å². The number of aromatic nitrogens is 6. The van der Waals surface area contributed by atoms with Crippen LogP contribution in [0.2, 0.25) is 0 Å². The van der Waals surface area contributed by atoms with E-state index in [9.17, 15) is 11.0 Å². The fourth-order valence-electron chi connectivity index (χ4n) is 11.4. The lowest BCUT2D eigenvalue weighted by Gasteiger charge is -2.34. The Morgan fingerprint density at radius 2 is 0.724 bits per heavy atom. The molecular weight excluding hydrogens is 941 g/mol. The molecule has 11 aromatic carbocycles. The maximum atomic E-state index is 10.3. The molecule has 0 saturated heterocycles. The van der Waals surface area contributed by atoms with Gasteiger partial charge in [-0.2, -0.15) is 9.97 Å². The Morgan fingerprint density at radius 1 is 0.303 bits per heavy atom. The third kappa shape index (κ3) is 6.62. The van der Waals surface area contributed by atoms with E-state index in [2.05, 4.69) is 57.7 Å². The average molecular weight is 1000 g/mol. The summed E-state index contributed by atoms with van der Waals surface area (Å²) >= 11 is 0. The molecule has 0 aliphatic carbocycles. The van der Waals surface area contributed by atoms with Gasteiger partial charge in [0.05, 0.1) is 63.7 Å². The molecule has 0 spiro atoms. The van der Waals surface area contributed by atoms with Gasteiger partial charge < -0.3 is 9.13 Å². The summed E-state index contributed by atoms with van der Waals surface area (Å²) < 4.78 is 137. The zero-order valence-corrected chi connectivity index (χ0v) is 41.2. The van der Waals surface area contributed by atoms with Crippen LogP contribution in [0.25, 0.3) is 106 Å². The lowest BCUT2D eigenvalue weighted by Crippen LogP contribution is -2.74. The summed E-state index contributed by atoms with van der Waals surface area (Å²) in [7, 11) is -4.56. The molecule has 0 amide bonds. The van der Waals surface area contributed by atoms with Crippen molar-refractivity contribution in [2.45, 2.75) is 0 Å².